The Balaban J connectivity index is 2.76. The molecule has 2 N–H and O–H groups in total. The number of benzene rings is 1. The standard InChI is InChI=1S/C13H14ClFO4/c1-19-11-8(16)6-7(14)10(15)9(11)13(12(17)18)4-2-3-5-13/h6,16H,2-5H2,1H3,(H,17,18). The molecule has 0 saturated heterocycles. The van der Waals surface area contributed by atoms with Crippen LogP contribution in [0.15, 0.2) is 6.07 Å². The van der Waals surface area contributed by atoms with E-state index in [0.29, 0.717) is 25.7 Å². The summed E-state index contributed by atoms with van der Waals surface area (Å²) >= 11 is 5.71. The molecule has 1 aliphatic carbocycles. The normalized spacial score (nSPS) is 17.4. The third kappa shape index (κ3) is 2.02. The molecule has 6 heteroatoms. The molecule has 0 heterocycles. The smallest absolute Gasteiger partial charge is 0.314 e. The van der Waals surface area contributed by atoms with E-state index in [4.69, 9.17) is 16.3 Å². The van der Waals surface area contributed by atoms with Crippen LogP contribution in [0.25, 0.3) is 0 Å². The lowest BCUT2D eigenvalue weighted by molar-refractivity contribution is -0.143. The average Bonchev–Trinajstić information content (AvgIpc) is 2.83. The Hall–Kier alpha value is -1.49. The van der Waals surface area contributed by atoms with Gasteiger partial charge in [-0.3, -0.25) is 4.79 Å². The van der Waals surface area contributed by atoms with Crippen molar-refractivity contribution in [2.75, 3.05) is 7.11 Å². The van der Waals surface area contributed by atoms with Crippen molar-refractivity contribution in [2.24, 2.45) is 0 Å². The van der Waals surface area contributed by atoms with Crippen LogP contribution < -0.4 is 4.74 Å². The molecule has 1 aromatic carbocycles. The number of aromatic hydroxyl groups is 1. The number of methoxy groups -OCH3 is 1. The predicted molar refractivity (Wildman–Crippen MR) is 67.4 cm³/mol. The number of hydrogen-bond acceptors (Lipinski definition) is 3. The molecule has 104 valence electrons. The van der Waals surface area contributed by atoms with E-state index in [2.05, 4.69) is 0 Å². The number of carboxylic acids is 1. The first kappa shape index (κ1) is 13.9. The molecule has 1 aromatic rings. The summed E-state index contributed by atoms with van der Waals surface area (Å²) in [4.78, 5) is 11.6. The Morgan fingerprint density at radius 1 is 1.47 bits per heavy atom. The van der Waals surface area contributed by atoms with E-state index in [0.717, 1.165) is 6.07 Å². The van der Waals surface area contributed by atoms with Crippen molar-refractivity contribution in [1.29, 1.82) is 0 Å². The van der Waals surface area contributed by atoms with E-state index in [9.17, 15) is 19.4 Å². The zero-order valence-electron chi connectivity index (χ0n) is 10.4. The van der Waals surface area contributed by atoms with Gasteiger partial charge < -0.3 is 14.9 Å². The molecule has 19 heavy (non-hydrogen) atoms. The second-order valence-corrected chi connectivity index (χ2v) is 5.10. The van der Waals surface area contributed by atoms with Gasteiger partial charge in [0.1, 0.15) is 5.82 Å². The molecule has 0 radical (unpaired) electrons. The monoisotopic (exact) mass is 288 g/mol. The molecular formula is C13H14ClFO4. The summed E-state index contributed by atoms with van der Waals surface area (Å²) in [5, 5.41) is 19.0. The third-order valence-corrected chi connectivity index (χ3v) is 3.98. The highest BCUT2D eigenvalue weighted by molar-refractivity contribution is 6.31. The van der Waals surface area contributed by atoms with E-state index in [1.165, 1.54) is 7.11 Å². The van der Waals surface area contributed by atoms with Crippen LogP contribution in [-0.2, 0) is 10.2 Å². The van der Waals surface area contributed by atoms with E-state index in [-0.39, 0.29) is 22.1 Å². The van der Waals surface area contributed by atoms with Gasteiger partial charge in [-0.1, -0.05) is 24.4 Å². The first-order valence-corrected chi connectivity index (χ1v) is 6.30. The van der Waals surface area contributed by atoms with Crippen molar-refractivity contribution >= 4 is 17.6 Å². The van der Waals surface area contributed by atoms with Crippen LogP contribution in [0, 0.1) is 5.82 Å². The minimum absolute atomic E-state index is 0.147. The molecule has 0 amide bonds. The lowest BCUT2D eigenvalue weighted by Gasteiger charge is -2.27. The van der Waals surface area contributed by atoms with Gasteiger partial charge in [0, 0.05) is 6.07 Å². The summed E-state index contributed by atoms with van der Waals surface area (Å²) in [7, 11) is 1.26. The molecule has 0 bridgehead atoms. The molecule has 0 unspecified atom stereocenters. The second-order valence-electron chi connectivity index (χ2n) is 4.69. The molecule has 1 fully saturated rings. The third-order valence-electron chi connectivity index (χ3n) is 3.70. The van der Waals surface area contributed by atoms with Gasteiger partial charge in [0.05, 0.1) is 23.1 Å². The van der Waals surface area contributed by atoms with Crippen molar-refractivity contribution in [2.45, 2.75) is 31.1 Å². The summed E-state index contributed by atoms with van der Waals surface area (Å²) in [5.74, 6) is -2.45. The van der Waals surface area contributed by atoms with E-state index < -0.39 is 17.2 Å². The zero-order chi connectivity index (χ0) is 14.2. The van der Waals surface area contributed by atoms with E-state index >= 15 is 0 Å². The number of halogens is 2. The van der Waals surface area contributed by atoms with Gasteiger partial charge in [-0.05, 0) is 12.8 Å². The van der Waals surface area contributed by atoms with Crippen LogP contribution >= 0.6 is 11.6 Å². The van der Waals surface area contributed by atoms with Crippen molar-refractivity contribution < 1.29 is 24.1 Å². The minimum Gasteiger partial charge on any atom is -0.504 e. The maximum atomic E-state index is 14.3. The van der Waals surface area contributed by atoms with Gasteiger partial charge in [0.2, 0.25) is 0 Å². The highest BCUT2D eigenvalue weighted by Crippen LogP contribution is 2.50. The Bertz CT molecular complexity index is 524. The fraction of sp³-hybridized carbons (Fsp3) is 0.462. The van der Waals surface area contributed by atoms with Crippen LogP contribution in [0.5, 0.6) is 11.5 Å². The average molecular weight is 289 g/mol. The van der Waals surface area contributed by atoms with Gasteiger partial charge in [0.15, 0.2) is 11.5 Å². The maximum Gasteiger partial charge on any atom is 0.314 e. The number of carboxylic acid groups (broad SMARTS) is 1. The van der Waals surface area contributed by atoms with Crippen molar-refractivity contribution in [1.82, 2.24) is 0 Å². The first-order valence-electron chi connectivity index (χ1n) is 5.93. The highest BCUT2D eigenvalue weighted by Gasteiger charge is 2.48. The molecule has 0 aromatic heterocycles. The largest absolute Gasteiger partial charge is 0.504 e. The van der Waals surface area contributed by atoms with Gasteiger partial charge in [0.25, 0.3) is 0 Å². The van der Waals surface area contributed by atoms with Crippen LogP contribution in [0.3, 0.4) is 0 Å². The molecule has 0 atom stereocenters. The summed E-state index contributed by atoms with van der Waals surface area (Å²) in [5.41, 5.74) is -1.53. The number of hydrogen-bond donors (Lipinski definition) is 2. The number of carbonyl (C=O) groups is 1. The molecule has 0 aliphatic heterocycles. The maximum absolute atomic E-state index is 14.3. The van der Waals surface area contributed by atoms with Crippen LogP contribution in [0.2, 0.25) is 5.02 Å². The molecule has 0 spiro atoms. The summed E-state index contributed by atoms with van der Waals surface area (Å²) in [6.07, 6.45) is 1.97. The van der Waals surface area contributed by atoms with E-state index in [1.807, 2.05) is 0 Å². The molecule has 1 saturated carbocycles. The van der Waals surface area contributed by atoms with Crippen molar-refractivity contribution in [3.63, 3.8) is 0 Å². The minimum atomic E-state index is -1.38. The van der Waals surface area contributed by atoms with Gasteiger partial charge in [-0.15, -0.1) is 0 Å². The van der Waals surface area contributed by atoms with E-state index in [1.54, 1.807) is 0 Å². The fourth-order valence-corrected chi connectivity index (χ4v) is 2.98. The molecule has 4 nitrogen and oxygen atoms in total. The highest BCUT2D eigenvalue weighted by atomic mass is 35.5. The van der Waals surface area contributed by atoms with Crippen LogP contribution in [0.4, 0.5) is 4.39 Å². The molecular weight excluding hydrogens is 275 g/mol. The Morgan fingerprint density at radius 2 is 2.05 bits per heavy atom. The Morgan fingerprint density at radius 3 is 2.53 bits per heavy atom. The van der Waals surface area contributed by atoms with Crippen LogP contribution in [-0.4, -0.2) is 23.3 Å². The molecule has 1 aliphatic rings. The van der Waals surface area contributed by atoms with Gasteiger partial charge in [-0.25, -0.2) is 4.39 Å². The summed E-state index contributed by atoms with van der Waals surface area (Å²) < 4.78 is 19.3. The van der Waals surface area contributed by atoms with Gasteiger partial charge >= 0.3 is 5.97 Å². The number of aliphatic carboxylic acids is 1. The number of phenolic OH excluding ortho intramolecular Hbond substituents is 1. The fourth-order valence-electron chi connectivity index (χ4n) is 2.78. The summed E-state index contributed by atoms with van der Waals surface area (Å²) in [6, 6.07) is 1.02. The lowest BCUT2D eigenvalue weighted by Crippen LogP contribution is -2.34. The Labute approximate surface area is 114 Å². The van der Waals surface area contributed by atoms with Crippen LogP contribution in [0.1, 0.15) is 31.2 Å². The number of rotatable bonds is 3. The first-order chi connectivity index (χ1) is 8.94. The summed E-state index contributed by atoms with van der Waals surface area (Å²) in [6.45, 7) is 0. The zero-order valence-corrected chi connectivity index (χ0v) is 11.1. The topological polar surface area (TPSA) is 66.8 Å². The number of phenols is 1. The number of ether oxygens (including phenoxy) is 1. The quantitative estimate of drug-likeness (QED) is 0.897. The van der Waals surface area contributed by atoms with Crippen molar-refractivity contribution in [3.8, 4) is 11.5 Å². The van der Waals surface area contributed by atoms with Crippen molar-refractivity contribution in [3.05, 3.63) is 22.5 Å². The lowest BCUT2D eigenvalue weighted by atomic mass is 9.78. The SMILES string of the molecule is COc1c(O)cc(Cl)c(F)c1C1(C(=O)O)CCCC1. The second kappa shape index (κ2) is 4.89. The predicted octanol–water partition coefficient (Wildman–Crippen LogP) is 3.09. The van der Waals surface area contributed by atoms with Gasteiger partial charge in [-0.2, -0.15) is 0 Å². The molecule has 2 rings (SSSR count). The Kier molecular flexibility index (Phi) is 3.58.